The molecule has 0 saturated heterocycles. The van der Waals surface area contributed by atoms with Crippen molar-refractivity contribution >= 4 is 33.7 Å². The molecule has 4 nitrogen and oxygen atoms in total. The lowest BCUT2D eigenvalue weighted by Gasteiger charge is -2.11. The second kappa shape index (κ2) is 4.41. The quantitative estimate of drug-likeness (QED) is 0.785. The van der Waals surface area contributed by atoms with Crippen LogP contribution in [0.15, 0.2) is 6.20 Å². The first-order valence-electron chi connectivity index (χ1n) is 5.46. The number of carbonyl (C=O) groups excluding carboxylic acids is 1. The molecule has 0 bridgehead atoms. The van der Waals surface area contributed by atoms with Crippen LogP contribution < -0.4 is 4.90 Å². The van der Waals surface area contributed by atoms with Gasteiger partial charge in [0.25, 0.3) is 0 Å². The Morgan fingerprint density at radius 1 is 1.41 bits per heavy atom. The van der Waals surface area contributed by atoms with E-state index in [1.54, 1.807) is 6.20 Å². The lowest BCUT2D eigenvalue weighted by atomic mass is 10.1. The van der Waals surface area contributed by atoms with Gasteiger partial charge in [0, 0.05) is 20.3 Å². The maximum Gasteiger partial charge on any atom is 0.162 e. The summed E-state index contributed by atoms with van der Waals surface area (Å²) < 4.78 is 0. The molecule has 0 aromatic carbocycles. The van der Waals surface area contributed by atoms with Gasteiger partial charge in [-0.15, -0.1) is 11.3 Å². The topological polar surface area (TPSA) is 46.1 Å². The molecule has 2 aromatic heterocycles. The molecule has 0 aliphatic rings. The molecule has 0 spiro atoms. The maximum atomic E-state index is 11.0. The highest BCUT2D eigenvalue weighted by molar-refractivity contribution is 7.20. The van der Waals surface area contributed by atoms with Gasteiger partial charge >= 0.3 is 0 Å². The van der Waals surface area contributed by atoms with Crippen molar-refractivity contribution in [3.8, 4) is 0 Å². The molecule has 0 aliphatic carbocycles. The Kier molecular flexibility index (Phi) is 3.11. The molecule has 2 rings (SSSR count). The average Bonchev–Trinajstić information content (AvgIpc) is 2.65. The van der Waals surface area contributed by atoms with Gasteiger partial charge in [0.05, 0.1) is 16.3 Å². The van der Waals surface area contributed by atoms with Crippen LogP contribution in [0, 0.1) is 0 Å². The van der Waals surface area contributed by atoms with Crippen molar-refractivity contribution in [2.75, 3.05) is 19.0 Å². The maximum absolute atomic E-state index is 11.0. The number of thiophene rings is 1. The fraction of sp³-hybridized carbons (Fsp3) is 0.417. The summed E-state index contributed by atoms with van der Waals surface area (Å²) in [5.41, 5.74) is 2.64. The smallest absolute Gasteiger partial charge is 0.162 e. The highest BCUT2D eigenvalue weighted by Gasteiger charge is 2.16. The molecule has 0 N–H and O–H groups in total. The lowest BCUT2D eigenvalue weighted by molar-refractivity contribution is 0.112. The van der Waals surface area contributed by atoms with Crippen LogP contribution in [0.5, 0.6) is 0 Å². The molecule has 0 atom stereocenters. The van der Waals surface area contributed by atoms with Crippen molar-refractivity contribution in [3.05, 3.63) is 16.8 Å². The second-order valence-electron chi connectivity index (χ2n) is 4.43. The number of anilines is 1. The molecule has 0 fully saturated rings. The summed E-state index contributed by atoms with van der Waals surface area (Å²) in [4.78, 5) is 23.5. The summed E-state index contributed by atoms with van der Waals surface area (Å²) in [5.74, 6) is 0.344. The van der Waals surface area contributed by atoms with Gasteiger partial charge in [-0.1, -0.05) is 13.8 Å². The molecule has 0 amide bonds. The minimum Gasteiger partial charge on any atom is -0.375 e. The van der Waals surface area contributed by atoms with E-state index in [9.17, 15) is 4.79 Å². The first-order chi connectivity index (χ1) is 8.04. The molecule has 90 valence electrons. The van der Waals surface area contributed by atoms with Crippen molar-refractivity contribution in [3.63, 3.8) is 0 Å². The number of nitrogens with zero attached hydrogens (tertiary/aromatic N) is 3. The Hall–Kier alpha value is -1.49. The summed E-state index contributed by atoms with van der Waals surface area (Å²) in [6, 6.07) is 0. The number of carbonyl (C=O) groups is 1. The number of fused-ring (bicyclic) bond motifs is 1. The standard InChI is InChI=1S/C12H15N3OS/c1-7(2)8-5-13-10-11(15(3)4)9(6-16)17-12(10)14-8/h5-7H,1-4H3. The van der Waals surface area contributed by atoms with Crippen LogP contribution in [0.25, 0.3) is 10.3 Å². The predicted octanol–water partition coefficient (Wildman–Crippen LogP) is 2.69. The zero-order valence-corrected chi connectivity index (χ0v) is 11.2. The molecule has 0 saturated carbocycles. The van der Waals surface area contributed by atoms with E-state index in [0.29, 0.717) is 10.8 Å². The lowest BCUT2D eigenvalue weighted by Crippen LogP contribution is -2.10. The molecule has 2 aromatic rings. The minimum atomic E-state index is 0.344. The van der Waals surface area contributed by atoms with E-state index in [0.717, 1.165) is 28.0 Å². The van der Waals surface area contributed by atoms with Crippen molar-refractivity contribution < 1.29 is 4.79 Å². The Morgan fingerprint density at radius 2 is 2.12 bits per heavy atom. The van der Waals surface area contributed by atoms with Gasteiger partial charge < -0.3 is 4.90 Å². The Balaban J connectivity index is 2.70. The highest BCUT2D eigenvalue weighted by Crippen LogP contribution is 2.34. The van der Waals surface area contributed by atoms with Gasteiger partial charge in [0.2, 0.25) is 0 Å². The normalized spacial score (nSPS) is 11.1. The average molecular weight is 249 g/mol. The fourth-order valence-corrected chi connectivity index (χ4v) is 2.71. The number of aldehydes is 1. The van der Waals surface area contributed by atoms with Gasteiger partial charge in [-0.3, -0.25) is 4.79 Å². The second-order valence-corrected chi connectivity index (χ2v) is 5.46. The summed E-state index contributed by atoms with van der Waals surface area (Å²) in [5, 5.41) is 0. The van der Waals surface area contributed by atoms with Crippen LogP contribution in [-0.4, -0.2) is 30.3 Å². The Bertz CT molecular complexity index is 560. The molecular formula is C12H15N3OS. The van der Waals surface area contributed by atoms with Crippen LogP contribution in [0.1, 0.15) is 35.1 Å². The zero-order chi connectivity index (χ0) is 12.6. The van der Waals surface area contributed by atoms with E-state index in [1.165, 1.54) is 11.3 Å². The number of hydrogen-bond donors (Lipinski definition) is 0. The molecular weight excluding hydrogens is 234 g/mol. The van der Waals surface area contributed by atoms with Gasteiger partial charge in [-0.2, -0.15) is 0 Å². The minimum absolute atomic E-state index is 0.344. The summed E-state index contributed by atoms with van der Waals surface area (Å²) in [6.45, 7) is 4.16. The monoisotopic (exact) mass is 249 g/mol. The number of rotatable bonds is 3. The Labute approximate surface area is 104 Å². The van der Waals surface area contributed by atoms with E-state index in [-0.39, 0.29) is 0 Å². The molecule has 0 unspecified atom stereocenters. The van der Waals surface area contributed by atoms with Crippen molar-refractivity contribution in [1.82, 2.24) is 9.97 Å². The molecule has 17 heavy (non-hydrogen) atoms. The van der Waals surface area contributed by atoms with E-state index in [4.69, 9.17) is 0 Å². The number of aromatic nitrogens is 2. The summed E-state index contributed by atoms with van der Waals surface area (Å²) >= 11 is 1.40. The zero-order valence-electron chi connectivity index (χ0n) is 10.4. The van der Waals surface area contributed by atoms with Crippen molar-refractivity contribution in [2.24, 2.45) is 0 Å². The van der Waals surface area contributed by atoms with E-state index < -0.39 is 0 Å². The van der Waals surface area contributed by atoms with Crippen LogP contribution in [0.2, 0.25) is 0 Å². The van der Waals surface area contributed by atoms with E-state index in [1.807, 2.05) is 19.0 Å². The first kappa shape index (κ1) is 12.0. The summed E-state index contributed by atoms with van der Waals surface area (Å²) in [7, 11) is 3.82. The van der Waals surface area contributed by atoms with Gasteiger partial charge in [-0.05, 0) is 5.92 Å². The van der Waals surface area contributed by atoms with Gasteiger partial charge in [0.1, 0.15) is 10.3 Å². The van der Waals surface area contributed by atoms with Crippen LogP contribution in [-0.2, 0) is 0 Å². The molecule has 0 radical (unpaired) electrons. The highest BCUT2D eigenvalue weighted by atomic mass is 32.1. The third-order valence-electron chi connectivity index (χ3n) is 2.57. The molecule has 0 aliphatic heterocycles. The van der Waals surface area contributed by atoms with Crippen molar-refractivity contribution in [2.45, 2.75) is 19.8 Å². The van der Waals surface area contributed by atoms with Crippen LogP contribution in [0.3, 0.4) is 0 Å². The Morgan fingerprint density at radius 3 is 2.65 bits per heavy atom. The molecule has 5 heteroatoms. The summed E-state index contributed by atoms with van der Waals surface area (Å²) in [6.07, 6.45) is 2.67. The predicted molar refractivity (Wildman–Crippen MR) is 71.2 cm³/mol. The van der Waals surface area contributed by atoms with Gasteiger partial charge in [-0.25, -0.2) is 9.97 Å². The third-order valence-corrected chi connectivity index (χ3v) is 3.56. The third kappa shape index (κ3) is 2.02. The van der Waals surface area contributed by atoms with Crippen LogP contribution >= 0.6 is 11.3 Å². The van der Waals surface area contributed by atoms with Crippen LogP contribution in [0.4, 0.5) is 5.69 Å². The van der Waals surface area contributed by atoms with Gasteiger partial charge in [0.15, 0.2) is 6.29 Å². The first-order valence-corrected chi connectivity index (χ1v) is 6.28. The van der Waals surface area contributed by atoms with E-state index in [2.05, 4.69) is 23.8 Å². The molecule has 2 heterocycles. The SMILES string of the molecule is CC(C)c1cnc2c(N(C)C)c(C=O)sc2n1. The largest absolute Gasteiger partial charge is 0.375 e. The fourth-order valence-electron chi connectivity index (χ4n) is 1.68. The number of hydrogen-bond acceptors (Lipinski definition) is 5. The van der Waals surface area contributed by atoms with Crippen molar-refractivity contribution in [1.29, 1.82) is 0 Å². The van der Waals surface area contributed by atoms with E-state index >= 15 is 0 Å².